The fraction of sp³-hybridized carbons (Fsp3) is 0.478. The number of nitrogens with zero attached hydrogens (tertiary/aromatic N) is 4. The Morgan fingerprint density at radius 3 is 2.56 bits per heavy atom. The van der Waals surface area contributed by atoms with Crippen LogP contribution >= 0.6 is 0 Å². The van der Waals surface area contributed by atoms with Gasteiger partial charge >= 0.3 is 0 Å². The summed E-state index contributed by atoms with van der Waals surface area (Å²) in [7, 11) is 0. The second kappa shape index (κ2) is 9.49. The summed E-state index contributed by atoms with van der Waals surface area (Å²) >= 11 is 0. The number of carbonyl (C=O) groups excluding carboxylic acids is 1. The van der Waals surface area contributed by atoms with Crippen LogP contribution in [0.1, 0.15) is 44.6 Å². The zero-order chi connectivity index (χ0) is 23.7. The second-order valence-corrected chi connectivity index (χ2v) is 8.90. The van der Waals surface area contributed by atoms with Crippen LogP contribution in [0.5, 0.6) is 0 Å². The molecular formula is C23H27F2N7O2. The molecule has 1 aliphatic heterocycles. The number of benzene rings is 1. The van der Waals surface area contributed by atoms with Crippen molar-refractivity contribution in [2.45, 2.75) is 50.6 Å². The van der Waals surface area contributed by atoms with Gasteiger partial charge in [-0.15, -0.1) is 0 Å². The van der Waals surface area contributed by atoms with E-state index in [0.29, 0.717) is 62.0 Å². The van der Waals surface area contributed by atoms with E-state index in [-0.39, 0.29) is 29.6 Å². The molecule has 2 aromatic heterocycles. The minimum atomic E-state index is -0.719. The van der Waals surface area contributed by atoms with Gasteiger partial charge in [0.2, 0.25) is 17.8 Å². The lowest BCUT2D eigenvalue weighted by atomic mass is 9.85. The molecule has 0 spiro atoms. The molecule has 0 unspecified atom stereocenters. The van der Waals surface area contributed by atoms with Crippen molar-refractivity contribution in [1.82, 2.24) is 19.5 Å². The summed E-state index contributed by atoms with van der Waals surface area (Å²) in [5, 5.41) is 6.38. The van der Waals surface area contributed by atoms with E-state index in [4.69, 9.17) is 15.5 Å². The van der Waals surface area contributed by atoms with Crippen molar-refractivity contribution in [3.05, 3.63) is 36.0 Å². The van der Waals surface area contributed by atoms with Crippen molar-refractivity contribution in [1.29, 1.82) is 0 Å². The number of amides is 1. The number of rotatable bonds is 6. The molecule has 1 saturated heterocycles. The number of nitrogens with two attached hydrogens (primary N) is 1. The molecule has 1 aliphatic carbocycles. The van der Waals surface area contributed by atoms with Crippen LogP contribution < -0.4 is 16.4 Å². The molecule has 0 bridgehead atoms. The molecule has 34 heavy (non-hydrogen) atoms. The smallest absolute Gasteiger partial charge is 0.224 e. The van der Waals surface area contributed by atoms with Crippen molar-refractivity contribution >= 4 is 34.7 Å². The summed E-state index contributed by atoms with van der Waals surface area (Å²) in [6.45, 7) is 1.39. The lowest BCUT2D eigenvalue weighted by Gasteiger charge is -2.29. The normalized spacial score (nSPS) is 21.5. The number of anilines is 3. The first-order chi connectivity index (χ1) is 16.5. The molecule has 3 heterocycles. The molecule has 1 amide bonds. The van der Waals surface area contributed by atoms with Crippen molar-refractivity contribution in [3.8, 4) is 0 Å². The number of hydrogen-bond acceptors (Lipinski definition) is 7. The van der Waals surface area contributed by atoms with Gasteiger partial charge in [-0.1, -0.05) is 0 Å². The van der Waals surface area contributed by atoms with Gasteiger partial charge < -0.3 is 21.1 Å². The zero-order valence-electron chi connectivity index (χ0n) is 18.6. The monoisotopic (exact) mass is 471 g/mol. The van der Waals surface area contributed by atoms with Gasteiger partial charge in [0.05, 0.1) is 11.9 Å². The van der Waals surface area contributed by atoms with Crippen molar-refractivity contribution in [2.75, 3.05) is 23.8 Å². The van der Waals surface area contributed by atoms with E-state index in [0.717, 1.165) is 18.9 Å². The number of aromatic nitrogens is 4. The predicted molar refractivity (Wildman–Crippen MR) is 123 cm³/mol. The maximum absolute atomic E-state index is 14.4. The summed E-state index contributed by atoms with van der Waals surface area (Å²) in [6.07, 6.45) is 6.09. The fourth-order valence-electron chi connectivity index (χ4n) is 4.75. The SMILES string of the molecule is NC(=O)C1CCC(n2c(Nc3ccc(F)cc3F)nc3cnc(NC4CCOCC4)nc32)CC1. The lowest BCUT2D eigenvalue weighted by Crippen LogP contribution is -2.29. The van der Waals surface area contributed by atoms with Crippen LogP contribution in [0.4, 0.5) is 26.4 Å². The number of carbonyl (C=O) groups is 1. The van der Waals surface area contributed by atoms with Gasteiger partial charge in [-0.3, -0.25) is 9.36 Å². The van der Waals surface area contributed by atoms with E-state index in [1.807, 2.05) is 4.57 Å². The third-order valence-electron chi connectivity index (χ3n) is 6.63. The molecule has 9 nitrogen and oxygen atoms in total. The molecule has 4 N–H and O–H groups in total. The van der Waals surface area contributed by atoms with Gasteiger partial charge in [-0.2, -0.15) is 4.98 Å². The first-order valence-electron chi connectivity index (χ1n) is 11.6. The van der Waals surface area contributed by atoms with E-state index in [2.05, 4.69) is 20.6 Å². The second-order valence-electron chi connectivity index (χ2n) is 8.90. The Balaban J connectivity index is 1.50. The molecule has 3 aromatic rings. The Bertz CT molecular complexity index is 1190. The van der Waals surface area contributed by atoms with Gasteiger partial charge in [0.1, 0.15) is 17.2 Å². The molecule has 2 aliphatic rings. The third kappa shape index (κ3) is 4.65. The number of imidazole rings is 1. The minimum Gasteiger partial charge on any atom is -0.381 e. The highest BCUT2D eigenvalue weighted by atomic mass is 19.1. The highest BCUT2D eigenvalue weighted by Crippen LogP contribution is 2.37. The predicted octanol–water partition coefficient (Wildman–Crippen LogP) is 3.66. The number of primary amides is 1. The summed E-state index contributed by atoms with van der Waals surface area (Å²) in [5.74, 6) is -0.935. The van der Waals surface area contributed by atoms with Crippen LogP contribution in [-0.2, 0) is 9.53 Å². The third-order valence-corrected chi connectivity index (χ3v) is 6.63. The topological polar surface area (TPSA) is 120 Å². The Kier molecular flexibility index (Phi) is 6.27. The number of ether oxygens (including phenoxy) is 1. The fourth-order valence-corrected chi connectivity index (χ4v) is 4.75. The molecule has 0 atom stereocenters. The van der Waals surface area contributed by atoms with Gasteiger partial charge in [-0.25, -0.2) is 18.7 Å². The number of hydrogen-bond donors (Lipinski definition) is 3. The molecule has 1 saturated carbocycles. The summed E-state index contributed by atoms with van der Waals surface area (Å²) in [6, 6.07) is 3.55. The standard InChI is InChI=1S/C23H27F2N7O2/c24-14-3-6-18(17(25)11-14)29-23-30-19-12-27-22(28-15-7-9-34-10-8-15)31-21(19)32(23)16-4-1-13(2-5-16)20(26)33/h3,6,11-13,15-16H,1-2,4-5,7-10H2,(H2,26,33)(H,29,30)(H,27,28,31). The maximum atomic E-state index is 14.4. The van der Waals surface area contributed by atoms with Crippen LogP contribution in [0, 0.1) is 17.6 Å². The van der Waals surface area contributed by atoms with Gasteiger partial charge in [0, 0.05) is 37.3 Å². The van der Waals surface area contributed by atoms with Crippen molar-refractivity contribution < 1.29 is 18.3 Å². The number of nitrogens with one attached hydrogen (secondary N) is 2. The molecule has 0 radical (unpaired) electrons. The maximum Gasteiger partial charge on any atom is 0.224 e. The quantitative estimate of drug-likeness (QED) is 0.502. The Morgan fingerprint density at radius 2 is 1.85 bits per heavy atom. The van der Waals surface area contributed by atoms with Crippen molar-refractivity contribution in [3.63, 3.8) is 0 Å². The van der Waals surface area contributed by atoms with E-state index in [9.17, 15) is 13.6 Å². The summed E-state index contributed by atoms with van der Waals surface area (Å²) in [5.41, 5.74) is 6.78. The molecule has 1 aromatic carbocycles. The summed E-state index contributed by atoms with van der Waals surface area (Å²) < 4.78 is 35.1. The largest absolute Gasteiger partial charge is 0.381 e. The average Bonchev–Trinajstić information content (AvgIpc) is 3.19. The van der Waals surface area contributed by atoms with E-state index in [1.54, 1.807) is 6.20 Å². The highest BCUT2D eigenvalue weighted by Gasteiger charge is 2.29. The minimum absolute atomic E-state index is 0.0163. The number of fused-ring (bicyclic) bond motifs is 1. The molecule has 180 valence electrons. The van der Waals surface area contributed by atoms with Gasteiger partial charge in [0.15, 0.2) is 5.65 Å². The van der Waals surface area contributed by atoms with Crippen LogP contribution in [0.25, 0.3) is 11.2 Å². The van der Waals surface area contributed by atoms with Gasteiger partial charge in [0.25, 0.3) is 0 Å². The Labute approximate surface area is 195 Å². The van der Waals surface area contributed by atoms with E-state index < -0.39 is 11.6 Å². The lowest BCUT2D eigenvalue weighted by molar-refractivity contribution is -0.122. The van der Waals surface area contributed by atoms with E-state index >= 15 is 0 Å². The molecular weight excluding hydrogens is 444 g/mol. The van der Waals surface area contributed by atoms with Crippen LogP contribution in [0.2, 0.25) is 0 Å². The Morgan fingerprint density at radius 1 is 1.09 bits per heavy atom. The first kappa shape index (κ1) is 22.5. The molecule has 2 fully saturated rings. The van der Waals surface area contributed by atoms with Gasteiger partial charge in [-0.05, 0) is 50.7 Å². The van der Waals surface area contributed by atoms with Crippen LogP contribution in [0.3, 0.4) is 0 Å². The van der Waals surface area contributed by atoms with Crippen molar-refractivity contribution in [2.24, 2.45) is 11.7 Å². The summed E-state index contributed by atoms with van der Waals surface area (Å²) in [4.78, 5) is 25.4. The Hall–Kier alpha value is -3.34. The average molecular weight is 472 g/mol. The molecule has 11 heteroatoms. The molecule has 5 rings (SSSR count). The highest BCUT2D eigenvalue weighted by molar-refractivity contribution is 5.78. The van der Waals surface area contributed by atoms with E-state index in [1.165, 1.54) is 12.1 Å². The first-order valence-corrected chi connectivity index (χ1v) is 11.6. The van der Waals surface area contributed by atoms with Crippen LogP contribution in [-0.4, -0.2) is 44.7 Å². The van der Waals surface area contributed by atoms with Crippen LogP contribution in [0.15, 0.2) is 24.4 Å². The number of halogens is 2. The zero-order valence-corrected chi connectivity index (χ0v) is 18.6.